The summed E-state index contributed by atoms with van der Waals surface area (Å²) in [7, 11) is -2.06. The van der Waals surface area contributed by atoms with Crippen LogP contribution in [-0.2, 0) is 16.6 Å². The Labute approximate surface area is 176 Å². The maximum absolute atomic E-state index is 12.7. The quantitative estimate of drug-likeness (QED) is 0.468. The van der Waals surface area contributed by atoms with E-state index in [1.165, 1.54) is 17.6 Å². The fourth-order valence-electron chi connectivity index (χ4n) is 2.68. The molecule has 0 bridgehead atoms. The number of pyridine rings is 1. The molecule has 7 nitrogen and oxygen atoms in total. The number of carbonyl (C=O) groups excluding carboxylic acids is 1. The minimum atomic E-state index is -3.59. The van der Waals surface area contributed by atoms with E-state index < -0.39 is 10.0 Å². The molecule has 154 valence electrons. The standard InChI is InChI=1S/C22H22N4O3S/c1-17-5-11-21(12-6-17)30(28,29)26(2)16-18-7-9-20(10-8-18)22(27)25-24-15-19-4-3-13-23-14-19/h3-15H,16H2,1-2H3,(H,25,27). The van der Waals surface area contributed by atoms with E-state index >= 15 is 0 Å². The lowest BCUT2D eigenvalue weighted by atomic mass is 10.1. The highest BCUT2D eigenvalue weighted by Crippen LogP contribution is 2.17. The number of rotatable bonds is 7. The van der Waals surface area contributed by atoms with Gasteiger partial charge in [-0.1, -0.05) is 35.9 Å². The summed E-state index contributed by atoms with van der Waals surface area (Å²) in [5.74, 6) is -0.359. The molecule has 3 rings (SSSR count). The highest BCUT2D eigenvalue weighted by atomic mass is 32.2. The summed E-state index contributed by atoms with van der Waals surface area (Å²) in [6.45, 7) is 2.10. The van der Waals surface area contributed by atoms with Crippen LogP contribution >= 0.6 is 0 Å². The summed E-state index contributed by atoms with van der Waals surface area (Å²) in [5, 5.41) is 3.91. The normalized spacial score (nSPS) is 11.7. The van der Waals surface area contributed by atoms with Crippen LogP contribution < -0.4 is 5.43 Å². The highest BCUT2D eigenvalue weighted by Gasteiger charge is 2.20. The number of aryl methyl sites for hydroxylation is 1. The lowest BCUT2D eigenvalue weighted by molar-refractivity contribution is 0.0955. The number of nitrogens with zero attached hydrogens (tertiary/aromatic N) is 3. The average Bonchev–Trinajstić information content (AvgIpc) is 2.75. The van der Waals surface area contributed by atoms with Gasteiger partial charge < -0.3 is 0 Å². The maximum Gasteiger partial charge on any atom is 0.271 e. The summed E-state index contributed by atoms with van der Waals surface area (Å²) in [6.07, 6.45) is 4.79. The molecular weight excluding hydrogens is 400 g/mol. The van der Waals surface area contributed by atoms with Gasteiger partial charge in [0.1, 0.15) is 0 Å². The van der Waals surface area contributed by atoms with E-state index in [-0.39, 0.29) is 17.3 Å². The van der Waals surface area contributed by atoms with Gasteiger partial charge in [-0.05, 0) is 42.8 Å². The molecule has 0 spiro atoms. The Balaban J connectivity index is 1.61. The molecule has 30 heavy (non-hydrogen) atoms. The van der Waals surface area contributed by atoms with Crippen molar-refractivity contribution in [3.8, 4) is 0 Å². The molecule has 0 unspecified atom stereocenters. The molecule has 0 aliphatic heterocycles. The second kappa shape index (κ2) is 9.43. The first-order valence-corrected chi connectivity index (χ1v) is 10.7. The van der Waals surface area contributed by atoms with Crippen molar-refractivity contribution in [2.75, 3.05) is 7.05 Å². The first-order valence-electron chi connectivity index (χ1n) is 9.21. The third-order valence-corrected chi connectivity index (χ3v) is 6.23. The number of benzene rings is 2. The second-order valence-electron chi connectivity index (χ2n) is 6.76. The summed E-state index contributed by atoms with van der Waals surface area (Å²) in [4.78, 5) is 16.4. The van der Waals surface area contributed by atoms with E-state index in [1.807, 2.05) is 13.0 Å². The van der Waals surface area contributed by atoms with Crippen LogP contribution in [0, 0.1) is 6.92 Å². The molecule has 0 saturated heterocycles. The third-order valence-electron chi connectivity index (χ3n) is 4.41. The Kier molecular flexibility index (Phi) is 6.71. The van der Waals surface area contributed by atoms with E-state index in [0.717, 1.165) is 16.7 Å². The molecule has 1 heterocycles. The van der Waals surface area contributed by atoms with Gasteiger partial charge in [-0.15, -0.1) is 0 Å². The van der Waals surface area contributed by atoms with E-state index in [1.54, 1.807) is 67.0 Å². The first-order chi connectivity index (χ1) is 14.4. The number of aromatic nitrogens is 1. The summed E-state index contributed by atoms with van der Waals surface area (Å²) >= 11 is 0. The molecule has 3 aromatic rings. The molecule has 8 heteroatoms. The smallest absolute Gasteiger partial charge is 0.267 e. The predicted octanol–water partition coefficient (Wildman–Crippen LogP) is 2.97. The lowest BCUT2D eigenvalue weighted by Crippen LogP contribution is -2.26. The molecule has 0 radical (unpaired) electrons. The van der Waals surface area contributed by atoms with Crippen LogP contribution in [0.25, 0.3) is 0 Å². The Morgan fingerprint density at radius 2 is 1.80 bits per heavy atom. The van der Waals surface area contributed by atoms with Crippen molar-refractivity contribution in [3.05, 3.63) is 95.3 Å². The van der Waals surface area contributed by atoms with Gasteiger partial charge in [-0.2, -0.15) is 9.41 Å². The van der Waals surface area contributed by atoms with Crippen LogP contribution in [0.3, 0.4) is 0 Å². The van der Waals surface area contributed by atoms with Crippen molar-refractivity contribution in [1.29, 1.82) is 0 Å². The average molecular weight is 423 g/mol. The highest BCUT2D eigenvalue weighted by molar-refractivity contribution is 7.89. The number of sulfonamides is 1. The van der Waals surface area contributed by atoms with E-state index in [2.05, 4.69) is 15.5 Å². The second-order valence-corrected chi connectivity index (χ2v) is 8.80. The molecule has 1 N–H and O–H groups in total. The molecule has 0 aliphatic rings. The van der Waals surface area contributed by atoms with Crippen LogP contribution in [0.4, 0.5) is 0 Å². The summed E-state index contributed by atoms with van der Waals surface area (Å²) < 4.78 is 26.7. The number of amides is 1. The molecule has 1 amide bonds. The molecule has 0 atom stereocenters. The molecular formula is C22H22N4O3S. The molecule has 0 saturated carbocycles. The largest absolute Gasteiger partial charge is 0.271 e. The Hall–Kier alpha value is -3.36. The van der Waals surface area contributed by atoms with Crippen molar-refractivity contribution < 1.29 is 13.2 Å². The van der Waals surface area contributed by atoms with E-state index in [4.69, 9.17) is 0 Å². The number of nitrogens with one attached hydrogen (secondary N) is 1. The summed E-state index contributed by atoms with van der Waals surface area (Å²) in [6, 6.07) is 17.0. The van der Waals surface area contributed by atoms with Crippen molar-refractivity contribution in [2.24, 2.45) is 5.10 Å². The van der Waals surface area contributed by atoms with Gasteiger partial charge in [0.25, 0.3) is 5.91 Å². The predicted molar refractivity (Wildman–Crippen MR) is 116 cm³/mol. The summed E-state index contributed by atoms with van der Waals surface area (Å²) in [5.41, 5.74) is 5.41. The van der Waals surface area contributed by atoms with Crippen LogP contribution in [-0.4, -0.2) is 36.9 Å². The zero-order chi connectivity index (χ0) is 21.6. The van der Waals surface area contributed by atoms with E-state index in [0.29, 0.717) is 5.56 Å². The van der Waals surface area contributed by atoms with Gasteiger partial charge in [-0.3, -0.25) is 9.78 Å². The van der Waals surface area contributed by atoms with Crippen LogP contribution in [0.15, 0.2) is 83.1 Å². The number of hydrogen-bond acceptors (Lipinski definition) is 5. The van der Waals surface area contributed by atoms with Gasteiger partial charge in [0, 0.05) is 37.1 Å². The Morgan fingerprint density at radius 1 is 1.10 bits per heavy atom. The number of carbonyl (C=O) groups is 1. The van der Waals surface area contributed by atoms with Crippen LogP contribution in [0.5, 0.6) is 0 Å². The first kappa shape index (κ1) is 21.4. The molecule has 1 aromatic heterocycles. The van der Waals surface area contributed by atoms with Crippen molar-refractivity contribution in [3.63, 3.8) is 0 Å². The molecule has 0 fully saturated rings. The fourth-order valence-corrected chi connectivity index (χ4v) is 3.84. The molecule has 0 aliphatic carbocycles. The van der Waals surface area contributed by atoms with Gasteiger partial charge in [-0.25, -0.2) is 13.8 Å². The van der Waals surface area contributed by atoms with Gasteiger partial charge in [0.15, 0.2) is 0 Å². The van der Waals surface area contributed by atoms with Gasteiger partial charge >= 0.3 is 0 Å². The maximum atomic E-state index is 12.7. The lowest BCUT2D eigenvalue weighted by Gasteiger charge is -2.17. The van der Waals surface area contributed by atoms with Gasteiger partial charge in [0.05, 0.1) is 11.1 Å². The van der Waals surface area contributed by atoms with Gasteiger partial charge in [0.2, 0.25) is 10.0 Å². The topological polar surface area (TPSA) is 91.7 Å². The minimum absolute atomic E-state index is 0.192. The zero-order valence-corrected chi connectivity index (χ0v) is 17.5. The van der Waals surface area contributed by atoms with Crippen molar-refractivity contribution >= 4 is 22.1 Å². The third kappa shape index (κ3) is 5.37. The Bertz CT molecular complexity index is 1130. The minimum Gasteiger partial charge on any atom is -0.267 e. The monoisotopic (exact) mass is 422 g/mol. The number of hydrogen-bond donors (Lipinski definition) is 1. The number of hydrazone groups is 1. The fraction of sp³-hybridized carbons (Fsp3) is 0.136. The van der Waals surface area contributed by atoms with Crippen LogP contribution in [0.2, 0.25) is 0 Å². The van der Waals surface area contributed by atoms with Crippen LogP contribution in [0.1, 0.15) is 27.0 Å². The van der Waals surface area contributed by atoms with Crippen molar-refractivity contribution in [2.45, 2.75) is 18.4 Å². The zero-order valence-electron chi connectivity index (χ0n) is 16.7. The SMILES string of the molecule is Cc1ccc(S(=O)(=O)N(C)Cc2ccc(C(=O)NN=Cc3cccnc3)cc2)cc1. The molecule has 2 aromatic carbocycles. The van der Waals surface area contributed by atoms with E-state index in [9.17, 15) is 13.2 Å². The Morgan fingerprint density at radius 3 is 2.43 bits per heavy atom. The van der Waals surface area contributed by atoms with Crippen molar-refractivity contribution in [1.82, 2.24) is 14.7 Å².